The first-order valence-electron chi connectivity index (χ1n) is 14.2. The Hall–Kier alpha value is -3.53. The SMILES string of the molecule is Cc1ccc(C(C(=O)NC2CCCC2)N(Cc2ccccc2)C(=O)c2ccc(S(=O)(=O)N3CCOCC3)cc2)cc1. The van der Waals surface area contributed by atoms with E-state index in [1.54, 1.807) is 4.90 Å². The van der Waals surface area contributed by atoms with E-state index in [9.17, 15) is 18.0 Å². The fourth-order valence-corrected chi connectivity index (χ4v) is 6.91. The van der Waals surface area contributed by atoms with Gasteiger partial charge >= 0.3 is 0 Å². The van der Waals surface area contributed by atoms with Crippen molar-refractivity contribution >= 4 is 21.8 Å². The molecule has 1 N–H and O–H groups in total. The number of hydrogen-bond donors (Lipinski definition) is 1. The minimum absolute atomic E-state index is 0.0915. The fraction of sp³-hybridized carbons (Fsp3) is 0.375. The van der Waals surface area contributed by atoms with Crippen molar-refractivity contribution in [2.24, 2.45) is 0 Å². The van der Waals surface area contributed by atoms with E-state index in [0.29, 0.717) is 31.9 Å². The van der Waals surface area contributed by atoms with Crippen LogP contribution in [0.25, 0.3) is 0 Å². The molecule has 0 aromatic heterocycles. The number of aryl methyl sites for hydroxylation is 1. The monoisotopic (exact) mass is 575 g/mol. The van der Waals surface area contributed by atoms with Crippen molar-refractivity contribution in [2.75, 3.05) is 26.3 Å². The Balaban J connectivity index is 1.49. The summed E-state index contributed by atoms with van der Waals surface area (Å²) in [5, 5.41) is 3.20. The molecule has 41 heavy (non-hydrogen) atoms. The standard InChI is InChI=1S/C32H37N3O5S/c1-24-11-13-26(14-12-24)30(31(36)33-28-9-5-6-10-28)35(23-25-7-3-2-4-8-25)32(37)27-15-17-29(18-16-27)41(38,39)34-19-21-40-22-20-34/h2-4,7-8,11-18,28,30H,5-6,9-10,19-23H2,1H3,(H,33,36). The van der Waals surface area contributed by atoms with Crippen LogP contribution < -0.4 is 5.32 Å². The average Bonchev–Trinajstić information content (AvgIpc) is 3.51. The molecule has 0 spiro atoms. The molecule has 8 nitrogen and oxygen atoms in total. The van der Waals surface area contributed by atoms with Gasteiger partial charge in [-0.15, -0.1) is 0 Å². The van der Waals surface area contributed by atoms with Gasteiger partial charge in [0.25, 0.3) is 5.91 Å². The van der Waals surface area contributed by atoms with E-state index in [-0.39, 0.29) is 29.3 Å². The van der Waals surface area contributed by atoms with Gasteiger partial charge in [0.1, 0.15) is 6.04 Å². The topological polar surface area (TPSA) is 96.0 Å². The van der Waals surface area contributed by atoms with Crippen LogP contribution in [-0.4, -0.2) is 61.8 Å². The predicted molar refractivity (Wildman–Crippen MR) is 157 cm³/mol. The van der Waals surface area contributed by atoms with Crippen LogP contribution in [0.3, 0.4) is 0 Å². The number of ether oxygens (including phenoxy) is 1. The van der Waals surface area contributed by atoms with Gasteiger partial charge in [-0.1, -0.05) is 73.0 Å². The molecule has 1 saturated heterocycles. The van der Waals surface area contributed by atoms with E-state index >= 15 is 0 Å². The van der Waals surface area contributed by atoms with E-state index in [0.717, 1.165) is 42.4 Å². The van der Waals surface area contributed by atoms with Gasteiger partial charge < -0.3 is 15.0 Å². The zero-order chi connectivity index (χ0) is 28.8. The first-order chi connectivity index (χ1) is 19.8. The molecular formula is C32H37N3O5S. The van der Waals surface area contributed by atoms with E-state index in [1.165, 1.54) is 28.6 Å². The Morgan fingerprint density at radius 1 is 0.927 bits per heavy atom. The lowest BCUT2D eigenvalue weighted by Gasteiger charge is -2.32. The van der Waals surface area contributed by atoms with Crippen LogP contribution >= 0.6 is 0 Å². The molecule has 9 heteroatoms. The summed E-state index contributed by atoms with van der Waals surface area (Å²) < 4.78 is 33.0. The normalized spacial score (nSPS) is 17.2. The molecular weight excluding hydrogens is 538 g/mol. The van der Waals surface area contributed by atoms with Crippen molar-refractivity contribution in [2.45, 2.75) is 56.1 Å². The minimum Gasteiger partial charge on any atom is -0.379 e. The summed E-state index contributed by atoms with van der Waals surface area (Å²) in [7, 11) is -3.70. The highest BCUT2D eigenvalue weighted by Crippen LogP contribution is 2.28. The van der Waals surface area contributed by atoms with Gasteiger partial charge in [0.15, 0.2) is 0 Å². The predicted octanol–water partition coefficient (Wildman–Crippen LogP) is 4.46. The molecule has 0 radical (unpaired) electrons. The average molecular weight is 576 g/mol. The molecule has 5 rings (SSSR count). The van der Waals surface area contributed by atoms with Crippen LogP contribution in [0.2, 0.25) is 0 Å². The quantitative estimate of drug-likeness (QED) is 0.407. The summed E-state index contributed by atoms with van der Waals surface area (Å²) in [5.74, 6) is -0.562. The summed E-state index contributed by atoms with van der Waals surface area (Å²) >= 11 is 0. The third-order valence-corrected chi connectivity index (χ3v) is 9.73. The zero-order valence-corrected chi connectivity index (χ0v) is 24.2. The van der Waals surface area contributed by atoms with Crippen LogP contribution in [0.5, 0.6) is 0 Å². The van der Waals surface area contributed by atoms with Crippen LogP contribution in [-0.2, 0) is 26.1 Å². The number of amides is 2. The molecule has 1 saturated carbocycles. The number of benzene rings is 3. The molecule has 0 bridgehead atoms. The Kier molecular flexibility index (Phi) is 9.17. The third kappa shape index (κ3) is 6.86. The molecule has 2 amide bonds. The van der Waals surface area contributed by atoms with Crippen LogP contribution in [0, 0.1) is 6.92 Å². The second-order valence-corrected chi connectivity index (χ2v) is 12.7. The number of nitrogens with zero attached hydrogens (tertiary/aromatic N) is 2. The van der Waals surface area contributed by atoms with Gasteiger partial charge in [0, 0.05) is 31.2 Å². The summed E-state index contributed by atoms with van der Waals surface area (Å²) in [4.78, 5) is 29.8. The first-order valence-corrected chi connectivity index (χ1v) is 15.7. The van der Waals surface area contributed by atoms with Crippen molar-refractivity contribution in [1.82, 2.24) is 14.5 Å². The lowest BCUT2D eigenvalue weighted by atomic mass is 10.00. The summed E-state index contributed by atoms with van der Waals surface area (Å²) in [6, 6.07) is 22.5. The molecule has 3 aromatic rings. The number of carbonyl (C=O) groups excluding carboxylic acids is 2. The molecule has 3 aromatic carbocycles. The maximum Gasteiger partial charge on any atom is 0.255 e. The van der Waals surface area contributed by atoms with Gasteiger partial charge in [-0.2, -0.15) is 4.31 Å². The summed E-state index contributed by atoms with van der Waals surface area (Å²) in [6.07, 6.45) is 4.01. The number of hydrogen-bond acceptors (Lipinski definition) is 5. The Labute approximate surface area is 242 Å². The van der Waals surface area contributed by atoms with Crippen molar-refractivity contribution < 1.29 is 22.7 Å². The Morgan fingerprint density at radius 3 is 2.20 bits per heavy atom. The van der Waals surface area contributed by atoms with Crippen molar-refractivity contribution in [1.29, 1.82) is 0 Å². The molecule has 1 heterocycles. The Bertz CT molecular complexity index is 1430. The van der Waals surface area contributed by atoms with E-state index in [2.05, 4.69) is 5.32 Å². The van der Waals surface area contributed by atoms with E-state index in [4.69, 9.17) is 4.74 Å². The number of rotatable bonds is 9. The largest absolute Gasteiger partial charge is 0.379 e. The van der Waals surface area contributed by atoms with Crippen LogP contribution in [0.4, 0.5) is 0 Å². The summed E-state index contributed by atoms with van der Waals surface area (Å²) in [6.45, 7) is 3.49. The lowest BCUT2D eigenvalue weighted by Crippen LogP contribution is -2.46. The Morgan fingerprint density at radius 2 is 1.56 bits per heavy atom. The second kappa shape index (κ2) is 13.0. The number of sulfonamides is 1. The molecule has 1 unspecified atom stereocenters. The fourth-order valence-electron chi connectivity index (χ4n) is 5.50. The van der Waals surface area contributed by atoms with Crippen molar-refractivity contribution in [3.8, 4) is 0 Å². The van der Waals surface area contributed by atoms with E-state index < -0.39 is 16.1 Å². The zero-order valence-electron chi connectivity index (χ0n) is 23.4. The molecule has 1 aliphatic carbocycles. The van der Waals surface area contributed by atoms with Crippen molar-refractivity contribution in [3.63, 3.8) is 0 Å². The van der Waals surface area contributed by atoms with Gasteiger partial charge in [-0.3, -0.25) is 9.59 Å². The van der Waals surface area contributed by atoms with Crippen LogP contribution in [0.15, 0.2) is 83.8 Å². The first kappa shape index (κ1) is 29.0. The smallest absolute Gasteiger partial charge is 0.255 e. The highest BCUT2D eigenvalue weighted by molar-refractivity contribution is 7.89. The summed E-state index contributed by atoms with van der Waals surface area (Å²) in [5.41, 5.74) is 2.98. The van der Waals surface area contributed by atoms with Gasteiger partial charge in [-0.05, 0) is 55.2 Å². The molecule has 1 atom stereocenters. The molecule has 216 valence electrons. The van der Waals surface area contributed by atoms with Gasteiger partial charge in [0.2, 0.25) is 15.9 Å². The van der Waals surface area contributed by atoms with Gasteiger partial charge in [-0.25, -0.2) is 8.42 Å². The highest BCUT2D eigenvalue weighted by atomic mass is 32.2. The van der Waals surface area contributed by atoms with Crippen LogP contribution in [0.1, 0.15) is 58.8 Å². The van der Waals surface area contributed by atoms with Gasteiger partial charge in [0.05, 0.1) is 18.1 Å². The molecule has 2 aliphatic rings. The van der Waals surface area contributed by atoms with E-state index in [1.807, 2.05) is 61.5 Å². The lowest BCUT2D eigenvalue weighted by molar-refractivity contribution is -0.126. The minimum atomic E-state index is -3.70. The number of carbonyl (C=O) groups is 2. The number of morpholine rings is 1. The molecule has 1 aliphatic heterocycles. The number of nitrogens with one attached hydrogen (secondary N) is 1. The van der Waals surface area contributed by atoms with Crippen molar-refractivity contribution in [3.05, 3.63) is 101 Å². The second-order valence-electron chi connectivity index (χ2n) is 10.8. The molecule has 2 fully saturated rings. The maximum atomic E-state index is 14.2. The maximum absolute atomic E-state index is 14.2. The third-order valence-electron chi connectivity index (χ3n) is 7.82. The highest BCUT2D eigenvalue weighted by Gasteiger charge is 2.34.